The van der Waals surface area contributed by atoms with Crippen LogP contribution in [-0.4, -0.2) is 25.7 Å². The molecule has 0 aliphatic heterocycles. The van der Waals surface area contributed by atoms with Crippen molar-refractivity contribution in [1.29, 1.82) is 0 Å². The van der Waals surface area contributed by atoms with Gasteiger partial charge >= 0.3 is 6.18 Å². The van der Waals surface area contributed by atoms with Crippen molar-refractivity contribution in [3.05, 3.63) is 74.2 Å². The molecule has 0 fully saturated rings. The maximum absolute atomic E-state index is 12.5. The Balaban J connectivity index is 1.80. The van der Waals surface area contributed by atoms with Crippen molar-refractivity contribution in [3.63, 3.8) is 0 Å². The van der Waals surface area contributed by atoms with Gasteiger partial charge in [0.25, 0.3) is 0 Å². The van der Waals surface area contributed by atoms with Crippen LogP contribution in [0.4, 0.5) is 13.2 Å². The zero-order valence-electron chi connectivity index (χ0n) is 16.2. The predicted molar refractivity (Wildman–Crippen MR) is 121 cm³/mol. The second kappa shape index (κ2) is 12.3. The highest BCUT2D eigenvalue weighted by atomic mass is 35.5. The highest BCUT2D eigenvalue weighted by molar-refractivity contribution is 6.55. The molecule has 4 nitrogen and oxygen atoms in total. The lowest BCUT2D eigenvalue weighted by atomic mass is 10.1. The summed E-state index contributed by atoms with van der Waals surface area (Å²) in [4.78, 5) is 11.9. The third-order valence-electron chi connectivity index (χ3n) is 3.77. The fourth-order valence-electron chi connectivity index (χ4n) is 2.30. The average molecular weight is 529 g/mol. The molecule has 0 aromatic heterocycles. The Kier molecular flexibility index (Phi) is 10.0. The summed E-state index contributed by atoms with van der Waals surface area (Å²) in [5.74, 6) is 0.168. The van der Waals surface area contributed by atoms with Gasteiger partial charge in [0, 0.05) is 18.2 Å². The van der Waals surface area contributed by atoms with E-state index in [4.69, 9.17) is 55.9 Å². The average Bonchev–Trinajstić information content (AvgIpc) is 2.70. The van der Waals surface area contributed by atoms with Crippen molar-refractivity contribution in [3.8, 4) is 11.5 Å². The minimum Gasteiger partial charge on any atom is -0.489 e. The molecule has 11 heteroatoms. The fraction of sp³-hybridized carbons (Fsp3) is 0.190. The van der Waals surface area contributed by atoms with Gasteiger partial charge in [-0.05, 0) is 29.8 Å². The first kappa shape index (κ1) is 26.2. The highest BCUT2D eigenvalue weighted by Crippen LogP contribution is 2.37. The normalized spacial score (nSPS) is 11.3. The number of amides is 1. The van der Waals surface area contributed by atoms with Crippen LogP contribution in [0.5, 0.6) is 11.5 Å². The summed E-state index contributed by atoms with van der Waals surface area (Å²) in [6.07, 6.45) is -0.357. The van der Waals surface area contributed by atoms with E-state index in [0.29, 0.717) is 11.3 Å². The zero-order chi connectivity index (χ0) is 23.7. The first-order valence-corrected chi connectivity index (χ1v) is 10.5. The molecule has 0 atom stereocenters. The first-order chi connectivity index (χ1) is 15.1. The van der Waals surface area contributed by atoms with Crippen LogP contribution in [-0.2, 0) is 11.0 Å². The number of nitrogens with one attached hydrogen (secondary N) is 1. The van der Waals surface area contributed by atoms with Crippen LogP contribution in [0.3, 0.4) is 0 Å². The van der Waals surface area contributed by atoms with Crippen molar-refractivity contribution in [2.75, 3.05) is 19.8 Å². The van der Waals surface area contributed by atoms with Gasteiger partial charge in [-0.2, -0.15) is 13.2 Å². The smallest absolute Gasteiger partial charge is 0.416 e. The van der Waals surface area contributed by atoms with Gasteiger partial charge < -0.3 is 14.8 Å². The molecule has 0 saturated carbocycles. The van der Waals surface area contributed by atoms with Crippen LogP contribution in [0.1, 0.15) is 11.1 Å². The number of ether oxygens (including phenoxy) is 2. The Labute approximate surface area is 202 Å². The number of hydrogen-bond acceptors (Lipinski definition) is 3. The number of carbonyl (C=O) groups is 1. The molecule has 1 N–H and O–H groups in total. The van der Waals surface area contributed by atoms with Crippen molar-refractivity contribution in [2.45, 2.75) is 6.18 Å². The highest BCUT2D eigenvalue weighted by Gasteiger charge is 2.29. The summed E-state index contributed by atoms with van der Waals surface area (Å²) in [6, 6.07) is 7.44. The molecule has 0 spiro atoms. The molecule has 0 unspecified atom stereocenters. The molecule has 0 aliphatic carbocycles. The van der Waals surface area contributed by atoms with Crippen molar-refractivity contribution in [2.24, 2.45) is 0 Å². The van der Waals surface area contributed by atoms with Crippen LogP contribution in [0.15, 0.2) is 53.0 Å². The van der Waals surface area contributed by atoms with Gasteiger partial charge in [-0.15, -0.1) is 0 Å². The standard InChI is InChI=1S/C21H16Cl4F3NO3/c22-16-11-15(31-9-7-18(24)25)12-17(23)20(16)32-10-8-29-19(30)6-3-13-1-4-14(5-2-13)21(26,27)28/h1-7,11-12H,8-10H2,(H,29,30). The summed E-state index contributed by atoms with van der Waals surface area (Å²) in [6.45, 7) is 0.339. The van der Waals surface area contributed by atoms with Crippen molar-refractivity contribution < 1.29 is 27.4 Å². The molecule has 32 heavy (non-hydrogen) atoms. The summed E-state index contributed by atoms with van der Waals surface area (Å²) in [7, 11) is 0. The van der Waals surface area contributed by atoms with E-state index >= 15 is 0 Å². The Bertz CT molecular complexity index is 966. The Morgan fingerprint density at radius 1 is 1.03 bits per heavy atom. The van der Waals surface area contributed by atoms with Gasteiger partial charge in [0.2, 0.25) is 5.91 Å². The van der Waals surface area contributed by atoms with Crippen LogP contribution in [0.25, 0.3) is 6.08 Å². The van der Waals surface area contributed by atoms with E-state index in [2.05, 4.69) is 5.32 Å². The minimum atomic E-state index is -4.41. The van der Waals surface area contributed by atoms with E-state index in [1.54, 1.807) is 0 Å². The third kappa shape index (κ3) is 8.82. The zero-order valence-corrected chi connectivity index (χ0v) is 19.2. The second-order valence-electron chi connectivity index (χ2n) is 6.11. The Hall–Kier alpha value is -2.06. The summed E-state index contributed by atoms with van der Waals surface area (Å²) >= 11 is 23.3. The number of alkyl halides is 3. The first-order valence-electron chi connectivity index (χ1n) is 8.95. The number of carbonyl (C=O) groups excluding carboxylic acids is 1. The van der Waals surface area contributed by atoms with Gasteiger partial charge in [-0.1, -0.05) is 58.5 Å². The topological polar surface area (TPSA) is 47.6 Å². The number of benzene rings is 2. The van der Waals surface area contributed by atoms with Gasteiger partial charge in [-0.25, -0.2) is 0 Å². The molecule has 0 radical (unpaired) electrons. The SMILES string of the molecule is O=C(C=Cc1ccc(C(F)(F)F)cc1)NCCOc1c(Cl)cc(OCC=C(Cl)Cl)cc1Cl. The molecule has 0 saturated heterocycles. The molecule has 2 rings (SSSR count). The quantitative estimate of drug-likeness (QED) is 0.284. The molecular weight excluding hydrogens is 513 g/mol. The Morgan fingerprint density at radius 3 is 2.22 bits per heavy atom. The summed E-state index contributed by atoms with van der Waals surface area (Å²) < 4.78 is 48.6. The molecule has 2 aromatic rings. The van der Waals surface area contributed by atoms with E-state index in [1.165, 1.54) is 42.5 Å². The van der Waals surface area contributed by atoms with E-state index in [0.717, 1.165) is 12.1 Å². The lowest BCUT2D eigenvalue weighted by Gasteiger charge is -2.12. The molecular formula is C21H16Cl4F3NO3. The lowest BCUT2D eigenvalue weighted by molar-refractivity contribution is -0.137. The van der Waals surface area contributed by atoms with Gasteiger partial charge in [-0.3, -0.25) is 4.79 Å². The lowest BCUT2D eigenvalue weighted by Crippen LogP contribution is -2.26. The van der Waals surface area contributed by atoms with Gasteiger partial charge in [0.1, 0.15) is 23.5 Å². The monoisotopic (exact) mass is 527 g/mol. The molecule has 172 valence electrons. The molecule has 1 amide bonds. The van der Waals surface area contributed by atoms with Gasteiger partial charge in [0.15, 0.2) is 5.75 Å². The number of halogens is 7. The predicted octanol–water partition coefficient (Wildman–Crippen LogP) is 6.92. The van der Waals surface area contributed by atoms with Gasteiger partial charge in [0.05, 0.1) is 22.2 Å². The van der Waals surface area contributed by atoms with E-state index < -0.39 is 17.6 Å². The molecule has 0 bridgehead atoms. The second-order valence-corrected chi connectivity index (χ2v) is 7.94. The van der Waals surface area contributed by atoms with Crippen molar-refractivity contribution >= 4 is 58.4 Å². The number of rotatable bonds is 9. The summed E-state index contributed by atoms with van der Waals surface area (Å²) in [5, 5.41) is 2.99. The van der Waals surface area contributed by atoms with E-state index in [-0.39, 0.29) is 40.0 Å². The number of hydrogen-bond donors (Lipinski definition) is 1. The van der Waals surface area contributed by atoms with Crippen LogP contribution >= 0.6 is 46.4 Å². The van der Waals surface area contributed by atoms with Crippen LogP contribution in [0.2, 0.25) is 10.0 Å². The maximum Gasteiger partial charge on any atom is 0.416 e. The van der Waals surface area contributed by atoms with Crippen LogP contribution < -0.4 is 14.8 Å². The molecule has 2 aromatic carbocycles. The summed E-state index contributed by atoms with van der Waals surface area (Å²) in [5.41, 5.74) is -0.307. The van der Waals surface area contributed by atoms with E-state index in [1.807, 2.05) is 0 Å². The third-order valence-corrected chi connectivity index (χ3v) is 4.64. The fourth-order valence-corrected chi connectivity index (χ4v) is 3.00. The van der Waals surface area contributed by atoms with Crippen molar-refractivity contribution in [1.82, 2.24) is 5.32 Å². The van der Waals surface area contributed by atoms with E-state index in [9.17, 15) is 18.0 Å². The molecule has 0 aliphatic rings. The van der Waals surface area contributed by atoms with Crippen LogP contribution in [0, 0.1) is 0 Å². The molecule has 0 heterocycles. The largest absolute Gasteiger partial charge is 0.489 e. The maximum atomic E-state index is 12.5. The Morgan fingerprint density at radius 2 is 1.66 bits per heavy atom. The minimum absolute atomic E-state index is 0.0680.